The monoisotopic (exact) mass is 384 g/mol. The van der Waals surface area contributed by atoms with Gasteiger partial charge in [0.15, 0.2) is 0 Å². The summed E-state index contributed by atoms with van der Waals surface area (Å²) in [5, 5.41) is 12.0. The number of hydrogen-bond acceptors (Lipinski definition) is 5. The maximum atomic E-state index is 11.8. The van der Waals surface area contributed by atoms with E-state index < -0.39 is 18.1 Å². The summed E-state index contributed by atoms with van der Waals surface area (Å²) in [5.74, 6) is -1.03. The average molecular weight is 385 g/mol. The zero-order chi connectivity index (χ0) is 15.9. The Hall–Kier alpha value is -1.93. The number of carboxylic acids is 1. The van der Waals surface area contributed by atoms with Gasteiger partial charge >= 0.3 is 12.1 Å². The Morgan fingerprint density at radius 1 is 1.36 bits per heavy atom. The molecule has 2 rings (SSSR count). The van der Waals surface area contributed by atoms with Gasteiger partial charge in [0.25, 0.3) is 0 Å². The Balaban J connectivity index is 1.94. The molecule has 0 unspecified atom stereocenters. The maximum Gasteiger partial charge on any atom is 0.408 e. The van der Waals surface area contributed by atoms with Crippen LogP contribution < -0.4 is 5.32 Å². The number of carbonyl (C=O) groups is 2. The molecule has 1 amide bonds. The van der Waals surface area contributed by atoms with Gasteiger partial charge in [0, 0.05) is 0 Å². The quantitative estimate of drug-likeness (QED) is 0.796. The smallest absolute Gasteiger partial charge is 0.408 e. The average Bonchev–Trinajstić information content (AvgIpc) is 2.92. The minimum absolute atomic E-state index is 0.119. The molecular formula is C14H13BrN2O4S. The van der Waals surface area contributed by atoms with Crippen molar-refractivity contribution in [1.29, 1.82) is 0 Å². The molecule has 0 radical (unpaired) electrons. The lowest BCUT2D eigenvalue weighted by Crippen LogP contribution is -2.30. The van der Waals surface area contributed by atoms with E-state index in [1.54, 1.807) is 6.20 Å². The van der Waals surface area contributed by atoms with E-state index in [0.29, 0.717) is 5.01 Å². The molecule has 1 aromatic carbocycles. The van der Waals surface area contributed by atoms with Crippen LogP contribution in [0.15, 0.2) is 40.3 Å². The number of hydrogen-bond donors (Lipinski definition) is 2. The Bertz CT molecular complexity index is 647. The maximum absolute atomic E-state index is 11.8. The second-order valence-corrected chi connectivity index (χ2v) is 6.80. The number of carboxylic acid groups (broad SMARTS) is 1. The van der Waals surface area contributed by atoms with E-state index in [9.17, 15) is 9.59 Å². The van der Waals surface area contributed by atoms with E-state index in [0.717, 1.165) is 9.35 Å². The van der Waals surface area contributed by atoms with Gasteiger partial charge in [0.1, 0.15) is 11.6 Å². The third-order valence-corrected chi connectivity index (χ3v) is 4.27. The van der Waals surface area contributed by atoms with Gasteiger partial charge in [-0.2, -0.15) is 0 Å². The molecule has 2 aromatic rings. The van der Waals surface area contributed by atoms with Crippen LogP contribution >= 0.6 is 27.3 Å². The molecule has 1 aromatic heterocycles. The minimum atomic E-state index is -1.03. The molecule has 8 heteroatoms. The molecule has 0 aliphatic carbocycles. The van der Waals surface area contributed by atoms with Crippen LogP contribution in [0.4, 0.5) is 4.79 Å². The lowest BCUT2D eigenvalue weighted by atomic mass is 10.2. The molecular weight excluding hydrogens is 372 g/mol. The number of thiazole rings is 1. The first kappa shape index (κ1) is 16.4. The lowest BCUT2D eigenvalue weighted by molar-refractivity contribution is -0.137. The molecule has 1 heterocycles. The molecule has 22 heavy (non-hydrogen) atoms. The van der Waals surface area contributed by atoms with Crippen molar-refractivity contribution in [2.24, 2.45) is 0 Å². The van der Waals surface area contributed by atoms with Gasteiger partial charge < -0.3 is 15.2 Å². The van der Waals surface area contributed by atoms with Crippen molar-refractivity contribution in [3.05, 3.63) is 50.9 Å². The summed E-state index contributed by atoms with van der Waals surface area (Å²) in [4.78, 5) is 26.8. The fourth-order valence-electron chi connectivity index (χ4n) is 1.71. The van der Waals surface area contributed by atoms with Gasteiger partial charge in [-0.1, -0.05) is 30.3 Å². The summed E-state index contributed by atoms with van der Waals surface area (Å²) in [6.07, 6.45) is 0.619. The van der Waals surface area contributed by atoms with Gasteiger partial charge in [-0.05, 0) is 21.5 Å². The largest absolute Gasteiger partial charge is 0.481 e. The Morgan fingerprint density at radius 3 is 2.68 bits per heavy atom. The number of carbonyl (C=O) groups excluding carboxylic acids is 1. The highest BCUT2D eigenvalue weighted by Gasteiger charge is 2.21. The summed E-state index contributed by atoms with van der Waals surface area (Å²) in [6, 6.07) is 8.50. The summed E-state index contributed by atoms with van der Waals surface area (Å²) in [6.45, 7) is 0.119. The molecule has 0 saturated heterocycles. The van der Waals surface area contributed by atoms with E-state index in [2.05, 4.69) is 26.2 Å². The van der Waals surface area contributed by atoms with Gasteiger partial charge in [-0.25, -0.2) is 9.78 Å². The van der Waals surface area contributed by atoms with Crippen LogP contribution in [-0.2, 0) is 16.1 Å². The van der Waals surface area contributed by atoms with Crippen molar-refractivity contribution >= 4 is 39.3 Å². The molecule has 0 aliphatic rings. The van der Waals surface area contributed by atoms with E-state index in [1.807, 2.05) is 30.3 Å². The number of rotatable bonds is 6. The predicted octanol–water partition coefficient (Wildman–Crippen LogP) is 3.35. The molecule has 0 saturated carbocycles. The summed E-state index contributed by atoms with van der Waals surface area (Å²) < 4.78 is 5.85. The molecule has 116 valence electrons. The third-order valence-electron chi connectivity index (χ3n) is 2.68. The van der Waals surface area contributed by atoms with Gasteiger partial charge in [-0.15, -0.1) is 11.3 Å². The van der Waals surface area contributed by atoms with Crippen LogP contribution in [0.3, 0.4) is 0 Å². The second-order valence-electron chi connectivity index (χ2n) is 4.36. The van der Waals surface area contributed by atoms with Crippen molar-refractivity contribution in [2.45, 2.75) is 19.1 Å². The number of benzene rings is 1. The second kappa shape index (κ2) is 7.90. The first-order valence-electron chi connectivity index (χ1n) is 6.35. The fourth-order valence-corrected chi connectivity index (χ4v) is 3.00. The number of aliphatic carboxylic acids is 1. The van der Waals surface area contributed by atoms with Crippen LogP contribution in [-0.4, -0.2) is 22.2 Å². The Labute approximate surface area is 139 Å². The summed E-state index contributed by atoms with van der Waals surface area (Å²) >= 11 is 4.53. The van der Waals surface area contributed by atoms with Crippen LogP contribution in [0.2, 0.25) is 0 Å². The molecule has 0 fully saturated rings. The van der Waals surface area contributed by atoms with E-state index in [4.69, 9.17) is 9.84 Å². The Kier molecular flexibility index (Phi) is 5.91. The van der Waals surface area contributed by atoms with Crippen LogP contribution in [0.25, 0.3) is 0 Å². The first-order valence-corrected chi connectivity index (χ1v) is 7.96. The number of aromatic nitrogens is 1. The normalized spacial score (nSPS) is 11.7. The predicted molar refractivity (Wildman–Crippen MR) is 84.6 cm³/mol. The molecule has 6 nitrogen and oxygen atoms in total. The number of alkyl carbamates (subject to hydrolysis) is 1. The number of amides is 1. The molecule has 0 aliphatic heterocycles. The van der Waals surface area contributed by atoms with Crippen LogP contribution in [0.1, 0.15) is 23.0 Å². The zero-order valence-electron chi connectivity index (χ0n) is 11.4. The fraction of sp³-hybridized carbons (Fsp3) is 0.214. The first-order chi connectivity index (χ1) is 10.5. The van der Waals surface area contributed by atoms with Crippen molar-refractivity contribution in [2.75, 3.05) is 0 Å². The highest BCUT2D eigenvalue weighted by Crippen LogP contribution is 2.26. The van der Waals surface area contributed by atoms with Crippen molar-refractivity contribution in [3.8, 4) is 0 Å². The van der Waals surface area contributed by atoms with Crippen LogP contribution in [0.5, 0.6) is 0 Å². The third kappa shape index (κ3) is 5.12. The van der Waals surface area contributed by atoms with Crippen molar-refractivity contribution < 1.29 is 19.4 Å². The standard InChI is InChI=1S/C14H13BrN2O4S/c15-11-7-16-13(22-11)10(6-12(18)19)17-14(20)21-8-9-4-2-1-3-5-9/h1-5,7,10H,6,8H2,(H,17,20)(H,18,19)/t10-/m0/s1. The van der Waals surface area contributed by atoms with Gasteiger partial charge in [-0.3, -0.25) is 4.79 Å². The molecule has 0 bridgehead atoms. The Morgan fingerprint density at radius 2 is 2.09 bits per heavy atom. The van der Waals surface area contributed by atoms with Gasteiger partial charge in [0.05, 0.1) is 22.4 Å². The van der Waals surface area contributed by atoms with E-state index >= 15 is 0 Å². The molecule has 2 N–H and O–H groups in total. The molecule has 0 spiro atoms. The lowest BCUT2D eigenvalue weighted by Gasteiger charge is -2.14. The molecule has 1 atom stereocenters. The summed E-state index contributed by atoms with van der Waals surface area (Å²) in [7, 11) is 0. The number of nitrogens with zero attached hydrogens (tertiary/aromatic N) is 1. The van der Waals surface area contributed by atoms with E-state index in [-0.39, 0.29) is 13.0 Å². The summed E-state index contributed by atoms with van der Waals surface area (Å²) in [5.41, 5.74) is 0.851. The topological polar surface area (TPSA) is 88.5 Å². The zero-order valence-corrected chi connectivity index (χ0v) is 13.8. The number of nitrogens with one attached hydrogen (secondary N) is 1. The highest BCUT2D eigenvalue weighted by atomic mass is 79.9. The van der Waals surface area contributed by atoms with Crippen molar-refractivity contribution in [1.82, 2.24) is 10.3 Å². The van der Waals surface area contributed by atoms with Crippen LogP contribution in [0, 0.1) is 0 Å². The number of ether oxygens (including phenoxy) is 1. The van der Waals surface area contributed by atoms with Crippen molar-refractivity contribution in [3.63, 3.8) is 0 Å². The van der Waals surface area contributed by atoms with E-state index in [1.165, 1.54) is 11.3 Å². The highest BCUT2D eigenvalue weighted by molar-refractivity contribution is 9.11. The number of halogens is 1. The van der Waals surface area contributed by atoms with Gasteiger partial charge in [0.2, 0.25) is 0 Å². The SMILES string of the molecule is O=C(O)C[C@H](NC(=O)OCc1ccccc1)c1ncc(Br)s1. The minimum Gasteiger partial charge on any atom is -0.481 e.